The molecule has 16 heavy (non-hydrogen) atoms. The number of hydrogen-bond acceptors (Lipinski definition) is 6. The van der Waals surface area contributed by atoms with E-state index in [0.29, 0.717) is 5.92 Å². The Morgan fingerprint density at radius 2 is 2.12 bits per heavy atom. The summed E-state index contributed by atoms with van der Waals surface area (Å²) >= 11 is 0.775. The van der Waals surface area contributed by atoms with Gasteiger partial charge in [-0.2, -0.15) is 0 Å². The Morgan fingerprint density at radius 3 is 2.62 bits per heavy atom. The monoisotopic (exact) mass is 249 g/mol. The maximum Gasteiger partial charge on any atom is 0.109 e. The maximum absolute atomic E-state index is 10.1. The highest BCUT2D eigenvalue weighted by Gasteiger charge is 2.48. The summed E-state index contributed by atoms with van der Waals surface area (Å²) < 4.78 is 10.6. The third kappa shape index (κ3) is 2.37. The molecule has 4 atom stereocenters. The molecular weight excluding hydrogens is 230 g/mol. The van der Waals surface area contributed by atoms with Crippen molar-refractivity contribution in [3.63, 3.8) is 0 Å². The van der Waals surface area contributed by atoms with E-state index in [1.165, 1.54) is 6.42 Å². The summed E-state index contributed by atoms with van der Waals surface area (Å²) in [4.78, 5) is 0. The van der Waals surface area contributed by atoms with Crippen LogP contribution in [-0.2, 0) is 8.92 Å². The first-order valence-corrected chi connectivity index (χ1v) is 6.51. The van der Waals surface area contributed by atoms with Gasteiger partial charge < -0.3 is 14.9 Å². The van der Waals surface area contributed by atoms with Crippen LogP contribution < -0.4 is 5.14 Å². The molecule has 0 aromatic heterocycles. The molecule has 4 N–H and O–H groups in total. The average Bonchev–Trinajstić information content (AvgIpc) is 2.52. The van der Waals surface area contributed by atoms with Crippen molar-refractivity contribution in [1.82, 2.24) is 0 Å². The molecule has 5 nitrogen and oxygen atoms in total. The smallest absolute Gasteiger partial charge is 0.109 e. The summed E-state index contributed by atoms with van der Waals surface area (Å²) in [5, 5.41) is 24.6. The molecule has 1 aliphatic heterocycles. The number of ether oxygens (including phenoxy) is 1. The molecule has 2 aliphatic rings. The summed E-state index contributed by atoms with van der Waals surface area (Å²) in [6.07, 6.45) is 2.30. The summed E-state index contributed by atoms with van der Waals surface area (Å²) in [5.74, 6) is 0.540. The van der Waals surface area contributed by atoms with E-state index >= 15 is 0 Å². The van der Waals surface area contributed by atoms with Crippen LogP contribution in [-0.4, -0.2) is 41.7 Å². The van der Waals surface area contributed by atoms with Gasteiger partial charge in [0.2, 0.25) is 0 Å². The molecule has 0 aromatic rings. The first kappa shape index (κ1) is 12.6. The van der Waals surface area contributed by atoms with E-state index in [4.69, 9.17) is 14.1 Å². The van der Waals surface area contributed by atoms with Gasteiger partial charge in [-0.15, -0.1) is 0 Å². The van der Waals surface area contributed by atoms with Crippen molar-refractivity contribution in [2.75, 3.05) is 13.2 Å². The van der Waals surface area contributed by atoms with Crippen molar-refractivity contribution in [1.29, 1.82) is 0 Å². The second kappa shape index (κ2) is 5.66. The Morgan fingerprint density at radius 1 is 1.38 bits per heavy atom. The van der Waals surface area contributed by atoms with Crippen LogP contribution in [0.1, 0.15) is 19.3 Å². The lowest BCUT2D eigenvalue weighted by Crippen LogP contribution is -2.38. The molecule has 94 valence electrons. The normalized spacial score (nSPS) is 39.9. The largest absolute Gasteiger partial charge is 0.394 e. The van der Waals surface area contributed by atoms with Crippen LogP contribution in [0.5, 0.6) is 0 Å². The number of aliphatic hydroxyl groups is 2. The van der Waals surface area contributed by atoms with E-state index in [9.17, 15) is 10.2 Å². The molecule has 1 aliphatic carbocycles. The topological polar surface area (TPSA) is 84.9 Å². The minimum Gasteiger partial charge on any atom is -0.394 e. The lowest BCUT2D eigenvalue weighted by Gasteiger charge is -2.35. The van der Waals surface area contributed by atoms with Crippen LogP contribution in [0, 0.1) is 11.8 Å². The Hall–Kier alpha value is 0.150. The molecule has 0 radical (unpaired) electrons. The molecule has 1 heterocycles. The highest BCUT2D eigenvalue weighted by molar-refractivity contribution is 7.92. The summed E-state index contributed by atoms with van der Waals surface area (Å²) in [5.41, 5.74) is 0. The van der Waals surface area contributed by atoms with E-state index in [1.54, 1.807) is 0 Å². The van der Waals surface area contributed by atoms with Crippen LogP contribution >= 0.6 is 12.2 Å². The van der Waals surface area contributed by atoms with Crippen molar-refractivity contribution >= 4 is 12.2 Å². The fraction of sp³-hybridized carbons (Fsp3) is 1.00. The van der Waals surface area contributed by atoms with E-state index < -0.39 is 6.10 Å². The standard InChI is InChI=1S/C10H19NO4S/c11-16-14-5-8-10(13)9(6-2-1-3-6)7(4-12)15-8/h6-10,12-13H,1-5,11H2. The van der Waals surface area contributed by atoms with Gasteiger partial charge in [-0.25, -0.2) is 0 Å². The second-order valence-electron chi connectivity index (χ2n) is 4.54. The van der Waals surface area contributed by atoms with Crippen molar-refractivity contribution < 1.29 is 19.1 Å². The average molecular weight is 249 g/mol. The summed E-state index contributed by atoms with van der Waals surface area (Å²) in [7, 11) is 0. The zero-order chi connectivity index (χ0) is 11.5. The molecular formula is C10H19NO4S. The number of aliphatic hydroxyl groups excluding tert-OH is 2. The van der Waals surface area contributed by atoms with Crippen molar-refractivity contribution in [3.8, 4) is 0 Å². The lowest BCUT2D eigenvalue weighted by atomic mass is 9.71. The maximum atomic E-state index is 10.1. The van der Waals surface area contributed by atoms with Gasteiger partial charge in [0.05, 0.1) is 37.7 Å². The van der Waals surface area contributed by atoms with E-state index in [2.05, 4.69) is 0 Å². The van der Waals surface area contributed by atoms with Gasteiger partial charge in [0, 0.05) is 5.92 Å². The summed E-state index contributed by atoms with van der Waals surface area (Å²) in [6.45, 7) is 0.229. The highest BCUT2D eigenvalue weighted by atomic mass is 32.2. The molecule has 0 aromatic carbocycles. The van der Waals surface area contributed by atoms with Crippen LogP contribution in [0.3, 0.4) is 0 Å². The number of nitrogens with two attached hydrogens (primary N) is 1. The van der Waals surface area contributed by atoms with Gasteiger partial charge in [-0.05, 0) is 18.8 Å². The highest BCUT2D eigenvalue weighted by Crippen LogP contribution is 2.42. The third-order valence-corrected chi connectivity index (χ3v) is 4.00. The van der Waals surface area contributed by atoms with Gasteiger partial charge in [-0.3, -0.25) is 9.32 Å². The van der Waals surface area contributed by atoms with Crippen molar-refractivity contribution in [3.05, 3.63) is 0 Å². The lowest BCUT2D eigenvalue weighted by molar-refractivity contribution is -0.0308. The zero-order valence-corrected chi connectivity index (χ0v) is 9.94. The van der Waals surface area contributed by atoms with E-state index in [0.717, 1.165) is 25.1 Å². The second-order valence-corrected chi connectivity index (χ2v) is 4.96. The zero-order valence-electron chi connectivity index (χ0n) is 9.12. The van der Waals surface area contributed by atoms with Crippen molar-refractivity contribution in [2.45, 2.75) is 37.6 Å². The molecule has 6 heteroatoms. The third-order valence-electron chi connectivity index (χ3n) is 3.73. The molecule has 1 saturated carbocycles. The molecule has 0 amide bonds. The Balaban J connectivity index is 1.94. The first-order valence-electron chi connectivity index (χ1n) is 5.70. The molecule has 1 saturated heterocycles. The first-order chi connectivity index (χ1) is 7.77. The van der Waals surface area contributed by atoms with Crippen LogP contribution in [0.2, 0.25) is 0 Å². The predicted octanol–water partition coefficient (Wildman–Crippen LogP) is 0.0618. The predicted molar refractivity (Wildman–Crippen MR) is 60.3 cm³/mol. The van der Waals surface area contributed by atoms with E-state index in [-0.39, 0.29) is 31.3 Å². The van der Waals surface area contributed by atoms with Gasteiger partial charge >= 0.3 is 0 Å². The van der Waals surface area contributed by atoms with E-state index in [1.807, 2.05) is 0 Å². The molecule has 4 unspecified atom stereocenters. The van der Waals surface area contributed by atoms with Crippen LogP contribution in [0.25, 0.3) is 0 Å². The SMILES string of the molecule is NSOCC1OC(CO)C(C2CCC2)C1O. The number of hydrogen-bond donors (Lipinski definition) is 3. The fourth-order valence-corrected chi connectivity index (χ4v) is 2.89. The van der Waals surface area contributed by atoms with Crippen LogP contribution in [0.4, 0.5) is 0 Å². The van der Waals surface area contributed by atoms with Gasteiger partial charge in [0.1, 0.15) is 6.10 Å². The Labute approximate surface area is 99.6 Å². The number of rotatable bonds is 5. The van der Waals surface area contributed by atoms with Gasteiger partial charge in [-0.1, -0.05) is 6.42 Å². The molecule has 0 bridgehead atoms. The summed E-state index contributed by atoms with van der Waals surface area (Å²) in [6, 6.07) is 0. The van der Waals surface area contributed by atoms with Crippen molar-refractivity contribution in [2.24, 2.45) is 17.0 Å². The fourth-order valence-electron chi connectivity index (χ4n) is 2.68. The van der Waals surface area contributed by atoms with Gasteiger partial charge in [0.15, 0.2) is 0 Å². The Bertz CT molecular complexity index is 227. The van der Waals surface area contributed by atoms with Crippen LogP contribution in [0.15, 0.2) is 0 Å². The molecule has 2 fully saturated rings. The van der Waals surface area contributed by atoms with Gasteiger partial charge in [0.25, 0.3) is 0 Å². The minimum atomic E-state index is -0.547. The molecule has 2 rings (SSSR count). The Kier molecular flexibility index (Phi) is 4.46. The molecule has 0 spiro atoms. The quantitative estimate of drug-likeness (QED) is 0.472. The minimum absolute atomic E-state index is 0.0372.